The SMILES string of the molecule is C=CCN(CC=C)c1ccc(NC(=O)CCC(=O)[O-])c[nH+]1. The molecule has 0 aliphatic carbocycles. The van der Waals surface area contributed by atoms with Gasteiger partial charge in [-0.1, -0.05) is 25.3 Å². The molecule has 1 amide bonds. The van der Waals surface area contributed by atoms with Gasteiger partial charge in [-0.2, -0.15) is 0 Å². The van der Waals surface area contributed by atoms with Gasteiger partial charge in [-0.25, -0.2) is 4.98 Å². The highest BCUT2D eigenvalue weighted by Crippen LogP contribution is 2.11. The van der Waals surface area contributed by atoms with Gasteiger partial charge in [0.15, 0.2) is 0 Å². The molecule has 0 unspecified atom stereocenters. The van der Waals surface area contributed by atoms with E-state index in [1.54, 1.807) is 24.4 Å². The van der Waals surface area contributed by atoms with Crippen molar-refractivity contribution in [1.82, 2.24) is 0 Å². The average Bonchev–Trinajstić information content (AvgIpc) is 2.46. The van der Waals surface area contributed by atoms with Crippen LogP contribution in [0.3, 0.4) is 0 Å². The van der Waals surface area contributed by atoms with Crippen molar-refractivity contribution >= 4 is 23.4 Å². The number of carboxylic acids is 1. The molecule has 0 aromatic carbocycles. The van der Waals surface area contributed by atoms with Crippen LogP contribution in [0.25, 0.3) is 0 Å². The van der Waals surface area contributed by atoms with E-state index >= 15 is 0 Å². The Morgan fingerprint density at radius 2 is 1.90 bits per heavy atom. The number of nitrogens with zero attached hydrogens (tertiary/aromatic N) is 1. The normalized spacial score (nSPS) is 9.71. The van der Waals surface area contributed by atoms with Crippen molar-refractivity contribution < 1.29 is 19.7 Å². The van der Waals surface area contributed by atoms with Gasteiger partial charge < -0.3 is 15.2 Å². The fraction of sp³-hybridized carbons (Fsp3) is 0.267. The number of hydrogen-bond donors (Lipinski definition) is 1. The molecule has 112 valence electrons. The van der Waals surface area contributed by atoms with Crippen LogP contribution in [0.4, 0.5) is 11.5 Å². The molecule has 0 radical (unpaired) electrons. The van der Waals surface area contributed by atoms with Gasteiger partial charge in [-0.3, -0.25) is 9.69 Å². The summed E-state index contributed by atoms with van der Waals surface area (Å²) in [5.41, 5.74) is 0.569. The third-order valence-corrected chi connectivity index (χ3v) is 2.68. The fourth-order valence-corrected chi connectivity index (χ4v) is 1.71. The summed E-state index contributed by atoms with van der Waals surface area (Å²) in [5.74, 6) is -0.742. The van der Waals surface area contributed by atoms with E-state index in [0.29, 0.717) is 18.8 Å². The van der Waals surface area contributed by atoms with Gasteiger partial charge in [0.05, 0.1) is 5.69 Å². The lowest BCUT2D eigenvalue weighted by Gasteiger charge is -2.13. The number of carboxylic acid groups (broad SMARTS) is 1. The average molecular weight is 289 g/mol. The zero-order chi connectivity index (χ0) is 15.7. The Hall–Kier alpha value is -2.63. The van der Waals surface area contributed by atoms with Gasteiger partial charge in [-0.05, 0) is 12.5 Å². The standard InChI is InChI=1S/C15H19N3O3/c1-3-9-18(10-4-2)13-6-5-12(11-16-13)17-14(19)7-8-15(20)21/h3-6,11H,1-2,7-10H2,(H,17,19)(H,20,21). The van der Waals surface area contributed by atoms with Gasteiger partial charge in [0.1, 0.15) is 19.3 Å². The number of pyridine rings is 1. The summed E-state index contributed by atoms with van der Waals surface area (Å²) in [6.45, 7) is 8.73. The number of carbonyl (C=O) groups excluding carboxylic acids is 2. The second kappa shape index (κ2) is 8.52. The molecule has 1 rings (SSSR count). The van der Waals surface area contributed by atoms with E-state index in [0.717, 1.165) is 5.82 Å². The number of aromatic amines is 1. The lowest BCUT2D eigenvalue weighted by Crippen LogP contribution is -2.29. The summed E-state index contributed by atoms with van der Waals surface area (Å²) in [6.07, 6.45) is 4.81. The predicted octanol–water partition coefficient (Wildman–Crippen LogP) is 0.148. The van der Waals surface area contributed by atoms with Gasteiger partial charge in [-0.15, -0.1) is 0 Å². The molecule has 21 heavy (non-hydrogen) atoms. The molecular weight excluding hydrogens is 270 g/mol. The Morgan fingerprint density at radius 3 is 2.38 bits per heavy atom. The van der Waals surface area contributed by atoms with Crippen molar-refractivity contribution in [3.8, 4) is 0 Å². The molecule has 0 aliphatic rings. The Bertz CT molecular complexity index is 501. The van der Waals surface area contributed by atoms with E-state index in [9.17, 15) is 14.7 Å². The summed E-state index contributed by atoms with van der Waals surface area (Å²) >= 11 is 0. The maximum Gasteiger partial charge on any atom is 0.274 e. The quantitative estimate of drug-likeness (QED) is 0.655. The van der Waals surface area contributed by atoms with Crippen molar-refractivity contribution in [2.24, 2.45) is 0 Å². The fourth-order valence-electron chi connectivity index (χ4n) is 1.71. The van der Waals surface area contributed by atoms with E-state index in [-0.39, 0.29) is 18.7 Å². The first-order valence-corrected chi connectivity index (χ1v) is 6.55. The minimum Gasteiger partial charge on any atom is -0.550 e. The minimum atomic E-state index is -1.24. The topological polar surface area (TPSA) is 86.6 Å². The number of aromatic nitrogens is 1. The summed E-state index contributed by atoms with van der Waals surface area (Å²) in [6, 6.07) is 3.56. The molecule has 0 spiro atoms. The Kier molecular flexibility index (Phi) is 6.67. The van der Waals surface area contributed by atoms with Crippen molar-refractivity contribution in [2.75, 3.05) is 23.3 Å². The Morgan fingerprint density at radius 1 is 1.24 bits per heavy atom. The lowest BCUT2D eigenvalue weighted by atomic mass is 10.3. The molecule has 1 heterocycles. The second-order valence-corrected chi connectivity index (χ2v) is 4.37. The van der Waals surface area contributed by atoms with Crippen LogP contribution in [-0.4, -0.2) is 25.0 Å². The molecule has 1 aromatic rings. The third-order valence-electron chi connectivity index (χ3n) is 2.68. The van der Waals surface area contributed by atoms with Gasteiger partial charge in [0.2, 0.25) is 5.91 Å². The zero-order valence-corrected chi connectivity index (χ0v) is 11.8. The smallest absolute Gasteiger partial charge is 0.274 e. The van der Waals surface area contributed by atoms with Crippen LogP contribution < -0.4 is 20.3 Å². The molecule has 0 saturated carbocycles. The number of rotatable bonds is 9. The maximum atomic E-state index is 11.5. The largest absolute Gasteiger partial charge is 0.550 e. The van der Waals surface area contributed by atoms with Crippen molar-refractivity contribution in [3.63, 3.8) is 0 Å². The maximum absolute atomic E-state index is 11.5. The van der Waals surface area contributed by atoms with E-state index in [4.69, 9.17) is 0 Å². The van der Waals surface area contributed by atoms with Crippen LogP contribution >= 0.6 is 0 Å². The highest BCUT2D eigenvalue weighted by molar-refractivity contribution is 5.92. The summed E-state index contributed by atoms with van der Waals surface area (Å²) in [4.78, 5) is 26.8. The Balaban J connectivity index is 2.64. The third kappa shape index (κ3) is 5.90. The van der Waals surface area contributed by atoms with Gasteiger partial charge in [0, 0.05) is 18.5 Å². The summed E-state index contributed by atoms with van der Waals surface area (Å²) in [7, 11) is 0. The van der Waals surface area contributed by atoms with Crippen LogP contribution in [0.5, 0.6) is 0 Å². The molecule has 0 bridgehead atoms. The summed E-state index contributed by atoms with van der Waals surface area (Å²) < 4.78 is 0. The number of amides is 1. The van der Waals surface area contributed by atoms with Crippen molar-refractivity contribution in [3.05, 3.63) is 43.6 Å². The molecule has 2 N–H and O–H groups in total. The molecule has 0 fully saturated rings. The number of H-pyrrole nitrogens is 1. The number of anilines is 2. The van der Waals surface area contributed by atoms with E-state index in [1.165, 1.54) is 0 Å². The predicted molar refractivity (Wildman–Crippen MR) is 78.5 cm³/mol. The number of hydrogen-bond acceptors (Lipinski definition) is 4. The number of nitrogens with one attached hydrogen (secondary N) is 2. The Labute approximate surface area is 123 Å². The molecule has 0 atom stereocenters. The zero-order valence-electron chi connectivity index (χ0n) is 11.8. The summed E-state index contributed by atoms with van der Waals surface area (Å²) in [5, 5.41) is 12.9. The van der Waals surface area contributed by atoms with Crippen LogP contribution in [0, 0.1) is 0 Å². The van der Waals surface area contributed by atoms with Crippen molar-refractivity contribution in [1.29, 1.82) is 0 Å². The number of aliphatic carboxylic acids is 1. The van der Waals surface area contributed by atoms with Crippen molar-refractivity contribution in [2.45, 2.75) is 12.8 Å². The molecule has 6 heteroatoms. The minimum absolute atomic E-state index is 0.108. The molecule has 6 nitrogen and oxygen atoms in total. The molecule has 1 aromatic heterocycles. The van der Waals surface area contributed by atoms with Crippen LogP contribution in [-0.2, 0) is 9.59 Å². The van der Waals surface area contributed by atoms with Gasteiger partial charge in [0.25, 0.3) is 5.82 Å². The van der Waals surface area contributed by atoms with Crippen LogP contribution in [0.1, 0.15) is 12.8 Å². The second-order valence-electron chi connectivity index (χ2n) is 4.37. The first-order chi connectivity index (χ1) is 10.1. The van der Waals surface area contributed by atoms with E-state index in [1.807, 2.05) is 11.0 Å². The molecular formula is C15H19N3O3. The highest BCUT2D eigenvalue weighted by atomic mass is 16.4. The lowest BCUT2D eigenvalue weighted by molar-refractivity contribution is -0.363. The van der Waals surface area contributed by atoms with Crippen LogP contribution in [0.15, 0.2) is 43.6 Å². The number of carbonyl (C=O) groups is 2. The van der Waals surface area contributed by atoms with E-state index < -0.39 is 5.97 Å². The van der Waals surface area contributed by atoms with Gasteiger partial charge >= 0.3 is 0 Å². The molecule has 0 saturated heterocycles. The first kappa shape index (κ1) is 16.4. The van der Waals surface area contributed by atoms with Crippen LogP contribution in [0.2, 0.25) is 0 Å². The molecule has 0 aliphatic heterocycles. The van der Waals surface area contributed by atoms with E-state index in [2.05, 4.69) is 23.5 Å². The highest BCUT2D eigenvalue weighted by Gasteiger charge is 2.12. The first-order valence-electron chi connectivity index (χ1n) is 6.55. The monoisotopic (exact) mass is 289 g/mol.